The zero-order chi connectivity index (χ0) is 18.9. The molecule has 144 valence electrons. The fraction of sp³-hybridized carbons (Fsp3) is 0.429. The van der Waals surface area contributed by atoms with E-state index in [-0.39, 0.29) is 0 Å². The summed E-state index contributed by atoms with van der Waals surface area (Å²) in [5, 5.41) is 6.88. The zero-order valence-corrected chi connectivity index (χ0v) is 16.0. The van der Waals surface area contributed by atoms with Crippen LogP contribution in [0, 0.1) is 6.92 Å². The van der Waals surface area contributed by atoms with Crippen molar-refractivity contribution in [1.82, 2.24) is 15.6 Å². The van der Waals surface area contributed by atoms with Gasteiger partial charge in [-0.25, -0.2) is 4.98 Å². The third-order valence-corrected chi connectivity index (χ3v) is 4.66. The Morgan fingerprint density at radius 2 is 2.19 bits per heavy atom. The van der Waals surface area contributed by atoms with Crippen molar-refractivity contribution < 1.29 is 4.42 Å². The van der Waals surface area contributed by atoms with Gasteiger partial charge in [-0.3, -0.25) is 4.99 Å². The lowest BCUT2D eigenvalue weighted by molar-refractivity contribution is 0.459. The molecule has 27 heavy (non-hydrogen) atoms. The van der Waals surface area contributed by atoms with Crippen LogP contribution < -0.4 is 15.5 Å². The van der Waals surface area contributed by atoms with Crippen molar-refractivity contribution in [1.29, 1.82) is 0 Å². The van der Waals surface area contributed by atoms with Crippen LogP contribution in [0.25, 0.3) is 0 Å². The minimum Gasteiger partial charge on any atom is -0.469 e. The molecule has 1 saturated heterocycles. The quantitative estimate of drug-likeness (QED) is 0.447. The lowest BCUT2D eigenvalue weighted by Gasteiger charge is -2.34. The predicted molar refractivity (Wildman–Crippen MR) is 110 cm³/mol. The van der Waals surface area contributed by atoms with Crippen LogP contribution in [-0.4, -0.2) is 43.2 Å². The molecule has 0 radical (unpaired) electrons. The highest BCUT2D eigenvalue weighted by molar-refractivity contribution is 5.80. The summed E-state index contributed by atoms with van der Waals surface area (Å²) in [6, 6.07) is 10.5. The average Bonchev–Trinajstić information content (AvgIpc) is 3.20. The van der Waals surface area contributed by atoms with Crippen LogP contribution in [0.15, 0.2) is 58.7 Å². The molecule has 0 atom stereocenters. The number of aliphatic imine (C=N–C) groups is 1. The van der Waals surface area contributed by atoms with Crippen LogP contribution >= 0.6 is 0 Å². The highest BCUT2D eigenvalue weighted by Gasteiger charge is 2.20. The number of hydrogen-bond donors (Lipinski definition) is 2. The highest BCUT2D eigenvalue weighted by Crippen LogP contribution is 2.18. The van der Waals surface area contributed by atoms with Crippen molar-refractivity contribution in [2.75, 3.05) is 31.1 Å². The molecule has 0 spiro atoms. The highest BCUT2D eigenvalue weighted by atomic mass is 16.3. The van der Waals surface area contributed by atoms with Crippen LogP contribution in [-0.2, 0) is 6.42 Å². The van der Waals surface area contributed by atoms with E-state index in [0.717, 1.165) is 55.6 Å². The number of aryl methyl sites for hydroxylation is 1. The third-order valence-electron chi connectivity index (χ3n) is 4.66. The number of guanidine groups is 1. The molecule has 3 rings (SSSR count). The molecule has 1 aliphatic rings. The first kappa shape index (κ1) is 19.0. The Balaban J connectivity index is 1.51. The van der Waals surface area contributed by atoms with Gasteiger partial charge in [-0.15, -0.1) is 6.58 Å². The van der Waals surface area contributed by atoms with Crippen LogP contribution in [0.1, 0.15) is 24.3 Å². The number of nitrogens with zero attached hydrogens (tertiary/aromatic N) is 3. The van der Waals surface area contributed by atoms with Gasteiger partial charge in [0, 0.05) is 44.3 Å². The van der Waals surface area contributed by atoms with E-state index in [1.807, 2.05) is 31.2 Å². The molecule has 0 saturated carbocycles. The molecule has 2 aromatic rings. The molecular formula is C21H29N5O. The Morgan fingerprint density at radius 3 is 2.89 bits per heavy atom. The van der Waals surface area contributed by atoms with E-state index in [0.29, 0.717) is 19.1 Å². The number of rotatable bonds is 7. The Bertz CT molecular complexity index is 733. The van der Waals surface area contributed by atoms with Crippen molar-refractivity contribution in [3.8, 4) is 0 Å². The largest absolute Gasteiger partial charge is 0.469 e. The average molecular weight is 367 g/mol. The third kappa shape index (κ3) is 5.88. The topological polar surface area (TPSA) is 65.7 Å². The van der Waals surface area contributed by atoms with Crippen LogP contribution in [0.3, 0.4) is 0 Å². The van der Waals surface area contributed by atoms with Gasteiger partial charge in [0.25, 0.3) is 0 Å². The van der Waals surface area contributed by atoms with Gasteiger partial charge in [0.1, 0.15) is 11.6 Å². The second kappa shape index (κ2) is 9.80. The van der Waals surface area contributed by atoms with E-state index in [1.165, 1.54) is 0 Å². The molecule has 0 unspecified atom stereocenters. The molecule has 0 bridgehead atoms. The second-order valence-electron chi connectivity index (χ2n) is 6.77. The van der Waals surface area contributed by atoms with Gasteiger partial charge in [-0.1, -0.05) is 12.1 Å². The van der Waals surface area contributed by atoms with E-state index in [4.69, 9.17) is 4.42 Å². The molecule has 1 aliphatic heterocycles. The van der Waals surface area contributed by atoms with Crippen molar-refractivity contribution in [2.45, 2.75) is 32.2 Å². The summed E-state index contributed by atoms with van der Waals surface area (Å²) >= 11 is 0. The normalized spacial score (nSPS) is 15.6. The molecular weight excluding hydrogens is 338 g/mol. The van der Waals surface area contributed by atoms with Gasteiger partial charge in [-0.05, 0) is 44.0 Å². The Hall–Kier alpha value is -2.76. The first-order valence-electron chi connectivity index (χ1n) is 9.61. The number of nitrogens with one attached hydrogen (secondary N) is 2. The molecule has 0 aliphatic carbocycles. The van der Waals surface area contributed by atoms with E-state index in [2.05, 4.69) is 44.2 Å². The van der Waals surface area contributed by atoms with Gasteiger partial charge in [0.15, 0.2) is 5.96 Å². The number of hydrogen-bond acceptors (Lipinski definition) is 4. The predicted octanol–water partition coefficient (Wildman–Crippen LogP) is 2.92. The maximum Gasteiger partial charge on any atom is 0.191 e. The standard InChI is InChI=1S/C21H29N5O/c1-3-12-22-21(23-13-9-19-7-5-16-27-19)25-18-10-14-26(15-11-18)20-8-4-6-17(2)24-20/h3-8,16,18H,1,9-15H2,2H3,(H2,22,23,25). The molecule has 6 heteroatoms. The smallest absolute Gasteiger partial charge is 0.191 e. The maximum atomic E-state index is 5.37. The Morgan fingerprint density at radius 1 is 1.33 bits per heavy atom. The lowest BCUT2D eigenvalue weighted by atomic mass is 10.1. The minimum absolute atomic E-state index is 0.408. The summed E-state index contributed by atoms with van der Waals surface area (Å²) in [7, 11) is 0. The monoisotopic (exact) mass is 367 g/mol. The Labute approximate surface area is 161 Å². The SMILES string of the molecule is C=CCNC(=NCCc1ccco1)NC1CCN(c2cccc(C)n2)CC1. The first-order chi connectivity index (χ1) is 13.2. The molecule has 1 fully saturated rings. The van der Waals surface area contributed by atoms with Gasteiger partial charge in [0.05, 0.1) is 6.26 Å². The molecule has 3 heterocycles. The summed E-state index contributed by atoms with van der Waals surface area (Å²) in [5.41, 5.74) is 1.06. The minimum atomic E-state index is 0.408. The van der Waals surface area contributed by atoms with Crippen molar-refractivity contribution in [3.05, 3.63) is 60.7 Å². The fourth-order valence-electron chi connectivity index (χ4n) is 3.21. The number of pyridine rings is 1. The number of aromatic nitrogens is 1. The summed E-state index contributed by atoms with van der Waals surface area (Å²) in [6.07, 6.45) is 6.46. The molecule has 2 aromatic heterocycles. The molecule has 0 aromatic carbocycles. The Kier molecular flexibility index (Phi) is 6.90. The van der Waals surface area contributed by atoms with E-state index in [9.17, 15) is 0 Å². The first-order valence-corrected chi connectivity index (χ1v) is 9.61. The molecule has 0 amide bonds. The fourth-order valence-corrected chi connectivity index (χ4v) is 3.21. The number of furan rings is 1. The van der Waals surface area contributed by atoms with Crippen molar-refractivity contribution in [2.24, 2.45) is 4.99 Å². The summed E-state index contributed by atoms with van der Waals surface area (Å²) in [6.45, 7) is 9.18. The van der Waals surface area contributed by atoms with Crippen molar-refractivity contribution in [3.63, 3.8) is 0 Å². The summed E-state index contributed by atoms with van der Waals surface area (Å²) < 4.78 is 5.37. The number of anilines is 1. The van der Waals surface area contributed by atoms with Crippen LogP contribution in [0.4, 0.5) is 5.82 Å². The summed E-state index contributed by atoms with van der Waals surface area (Å²) in [5.74, 6) is 2.87. The summed E-state index contributed by atoms with van der Waals surface area (Å²) in [4.78, 5) is 11.7. The van der Waals surface area contributed by atoms with E-state index >= 15 is 0 Å². The zero-order valence-electron chi connectivity index (χ0n) is 16.0. The van der Waals surface area contributed by atoms with Gasteiger partial charge >= 0.3 is 0 Å². The van der Waals surface area contributed by atoms with E-state index in [1.54, 1.807) is 6.26 Å². The van der Waals surface area contributed by atoms with Gasteiger partial charge < -0.3 is 20.0 Å². The van der Waals surface area contributed by atoms with Gasteiger partial charge in [-0.2, -0.15) is 0 Å². The number of piperidine rings is 1. The van der Waals surface area contributed by atoms with Crippen LogP contribution in [0.2, 0.25) is 0 Å². The second-order valence-corrected chi connectivity index (χ2v) is 6.77. The lowest BCUT2D eigenvalue weighted by Crippen LogP contribution is -2.49. The molecule has 6 nitrogen and oxygen atoms in total. The van der Waals surface area contributed by atoms with Crippen molar-refractivity contribution >= 4 is 11.8 Å². The maximum absolute atomic E-state index is 5.37. The van der Waals surface area contributed by atoms with Gasteiger partial charge in [0.2, 0.25) is 0 Å². The van der Waals surface area contributed by atoms with E-state index < -0.39 is 0 Å². The van der Waals surface area contributed by atoms with Crippen LogP contribution in [0.5, 0.6) is 0 Å². The molecule has 2 N–H and O–H groups in total.